The molecule has 2 nitrogen and oxygen atoms in total. The smallest absolute Gasteiger partial charge is 0.133 e. The maximum atomic E-state index is 5.86. The number of aromatic nitrogens is 1. The van der Waals surface area contributed by atoms with Gasteiger partial charge in [0.15, 0.2) is 0 Å². The molecule has 0 aliphatic rings. The summed E-state index contributed by atoms with van der Waals surface area (Å²) >= 11 is 5.86. The van der Waals surface area contributed by atoms with E-state index in [9.17, 15) is 0 Å². The minimum absolute atomic E-state index is 0.504. The van der Waals surface area contributed by atoms with Crippen molar-refractivity contribution in [2.45, 2.75) is 0 Å². The Kier molecular flexibility index (Phi) is 2.15. The second-order valence-corrected chi connectivity index (χ2v) is 3.93. The van der Waals surface area contributed by atoms with E-state index in [1.807, 2.05) is 36.4 Å². The normalized spacial score (nSPS) is 10.8. The van der Waals surface area contributed by atoms with Gasteiger partial charge in [0.2, 0.25) is 0 Å². The highest BCUT2D eigenvalue weighted by Crippen LogP contribution is 2.25. The third-order valence-corrected chi connectivity index (χ3v) is 2.70. The lowest BCUT2D eigenvalue weighted by Gasteiger charge is -2.01. The predicted molar refractivity (Wildman–Crippen MR) is 64.5 cm³/mol. The molecular weight excluding hydrogens is 222 g/mol. The van der Waals surface area contributed by atoms with Gasteiger partial charge in [0, 0.05) is 17.1 Å². The fourth-order valence-corrected chi connectivity index (χ4v) is 1.88. The third kappa shape index (κ3) is 1.57. The van der Waals surface area contributed by atoms with E-state index in [-0.39, 0.29) is 0 Å². The Morgan fingerprint density at radius 2 is 2.00 bits per heavy atom. The quantitative estimate of drug-likeness (QED) is 0.586. The number of benzene rings is 1. The number of halogens is 1. The highest BCUT2D eigenvalue weighted by Gasteiger charge is 2.02. The van der Waals surface area contributed by atoms with E-state index in [2.05, 4.69) is 4.98 Å². The Morgan fingerprint density at radius 3 is 2.81 bits per heavy atom. The summed E-state index contributed by atoms with van der Waals surface area (Å²) in [7, 11) is 0. The highest BCUT2D eigenvalue weighted by molar-refractivity contribution is 6.30. The van der Waals surface area contributed by atoms with Gasteiger partial charge in [-0.1, -0.05) is 23.7 Å². The summed E-state index contributed by atoms with van der Waals surface area (Å²) in [6.45, 7) is 0. The van der Waals surface area contributed by atoms with Gasteiger partial charge in [-0.2, -0.15) is 0 Å². The summed E-state index contributed by atoms with van der Waals surface area (Å²) in [4.78, 5) is 4.04. The first-order valence-corrected chi connectivity index (χ1v) is 5.30. The molecule has 16 heavy (non-hydrogen) atoms. The predicted octanol–water partition coefficient (Wildman–Crippen LogP) is 4.15. The van der Waals surface area contributed by atoms with Crippen molar-refractivity contribution >= 4 is 22.4 Å². The molecular formula is C13H8ClNO. The van der Waals surface area contributed by atoms with Crippen molar-refractivity contribution in [2.24, 2.45) is 0 Å². The summed E-state index contributed by atoms with van der Waals surface area (Å²) in [5.74, 6) is 0.856. The van der Waals surface area contributed by atoms with Crippen molar-refractivity contribution in [3.63, 3.8) is 0 Å². The number of rotatable bonds is 1. The van der Waals surface area contributed by atoms with Crippen LogP contribution in [0.2, 0.25) is 5.15 Å². The number of furan rings is 1. The average molecular weight is 230 g/mol. The topological polar surface area (TPSA) is 26.0 Å². The lowest BCUT2D eigenvalue weighted by molar-refractivity contribution is 0.582. The van der Waals surface area contributed by atoms with Crippen LogP contribution in [-0.4, -0.2) is 4.98 Å². The molecule has 1 aromatic carbocycles. The maximum absolute atomic E-state index is 5.86. The SMILES string of the molecule is Clc1cc2cc(-c3ccco3)ccc2cn1. The van der Waals surface area contributed by atoms with Gasteiger partial charge >= 0.3 is 0 Å². The average Bonchev–Trinajstić information content (AvgIpc) is 2.81. The summed E-state index contributed by atoms with van der Waals surface area (Å²) in [6.07, 6.45) is 3.43. The fraction of sp³-hybridized carbons (Fsp3) is 0. The fourth-order valence-electron chi connectivity index (χ4n) is 1.71. The zero-order chi connectivity index (χ0) is 11.0. The van der Waals surface area contributed by atoms with E-state index in [1.54, 1.807) is 12.5 Å². The minimum atomic E-state index is 0.504. The lowest BCUT2D eigenvalue weighted by Crippen LogP contribution is -1.79. The molecule has 3 aromatic rings. The van der Waals surface area contributed by atoms with Crippen LogP contribution in [0, 0.1) is 0 Å². The second-order valence-electron chi connectivity index (χ2n) is 3.55. The number of pyridine rings is 1. The van der Waals surface area contributed by atoms with Gasteiger partial charge in [0.1, 0.15) is 10.9 Å². The largest absolute Gasteiger partial charge is 0.464 e. The Hall–Kier alpha value is -1.80. The molecule has 78 valence electrons. The van der Waals surface area contributed by atoms with Crippen LogP contribution < -0.4 is 0 Å². The molecule has 0 spiro atoms. The molecule has 0 atom stereocenters. The first kappa shape index (κ1) is 9.43. The zero-order valence-corrected chi connectivity index (χ0v) is 9.11. The lowest BCUT2D eigenvalue weighted by atomic mass is 10.1. The van der Waals surface area contributed by atoms with E-state index in [0.29, 0.717) is 5.15 Å². The molecule has 0 saturated heterocycles. The molecule has 2 heterocycles. The van der Waals surface area contributed by atoms with E-state index >= 15 is 0 Å². The molecule has 0 fully saturated rings. The first-order valence-electron chi connectivity index (χ1n) is 4.92. The maximum Gasteiger partial charge on any atom is 0.133 e. The molecule has 0 radical (unpaired) electrons. The summed E-state index contributed by atoms with van der Waals surface area (Å²) in [5.41, 5.74) is 1.04. The van der Waals surface area contributed by atoms with E-state index < -0.39 is 0 Å². The van der Waals surface area contributed by atoms with E-state index in [0.717, 1.165) is 22.1 Å². The van der Waals surface area contributed by atoms with Gasteiger partial charge in [-0.3, -0.25) is 0 Å². The molecule has 0 N–H and O–H groups in total. The van der Waals surface area contributed by atoms with Crippen LogP contribution in [0.5, 0.6) is 0 Å². The Balaban J connectivity index is 2.22. The molecule has 0 aliphatic heterocycles. The molecule has 0 saturated carbocycles. The van der Waals surface area contributed by atoms with Gasteiger partial charge in [-0.15, -0.1) is 0 Å². The van der Waals surface area contributed by atoms with Gasteiger partial charge in [0.05, 0.1) is 6.26 Å². The highest BCUT2D eigenvalue weighted by atomic mass is 35.5. The zero-order valence-electron chi connectivity index (χ0n) is 8.35. The standard InChI is InChI=1S/C13H8ClNO/c14-13-7-11-6-9(12-2-1-5-16-12)3-4-10(11)8-15-13/h1-8H. The van der Waals surface area contributed by atoms with Gasteiger partial charge < -0.3 is 4.42 Å². The summed E-state index contributed by atoms with van der Waals surface area (Å²) in [5, 5.41) is 2.64. The summed E-state index contributed by atoms with van der Waals surface area (Å²) in [6, 6.07) is 11.7. The van der Waals surface area contributed by atoms with Crippen molar-refractivity contribution in [1.82, 2.24) is 4.98 Å². The number of hydrogen-bond donors (Lipinski definition) is 0. The monoisotopic (exact) mass is 229 g/mol. The first-order chi connectivity index (χ1) is 7.83. The van der Waals surface area contributed by atoms with Crippen LogP contribution in [-0.2, 0) is 0 Å². The van der Waals surface area contributed by atoms with Crippen LogP contribution in [0.4, 0.5) is 0 Å². The van der Waals surface area contributed by atoms with Crippen molar-refractivity contribution in [1.29, 1.82) is 0 Å². The molecule has 3 heteroatoms. The van der Waals surface area contributed by atoms with Crippen LogP contribution in [0.3, 0.4) is 0 Å². The molecule has 0 unspecified atom stereocenters. The van der Waals surface area contributed by atoms with Crippen LogP contribution in [0.1, 0.15) is 0 Å². The van der Waals surface area contributed by atoms with Crippen molar-refractivity contribution in [3.05, 3.63) is 54.0 Å². The third-order valence-electron chi connectivity index (χ3n) is 2.49. The molecule has 0 aliphatic carbocycles. The van der Waals surface area contributed by atoms with Crippen LogP contribution in [0.25, 0.3) is 22.1 Å². The molecule has 3 rings (SSSR count). The van der Waals surface area contributed by atoms with Gasteiger partial charge in [-0.05, 0) is 29.7 Å². The van der Waals surface area contributed by atoms with Gasteiger partial charge in [0.25, 0.3) is 0 Å². The van der Waals surface area contributed by atoms with E-state index in [4.69, 9.17) is 16.0 Å². The Bertz CT molecular complexity index is 631. The summed E-state index contributed by atoms with van der Waals surface area (Å²) < 4.78 is 5.35. The molecule has 0 bridgehead atoms. The number of hydrogen-bond acceptors (Lipinski definition) is 2. The Labute approximate surface area is 97.5 Å². The number of nitrogens with zero attached hydrogens (tertiary/aromatic N) is 1. The Morgan fingerprint density at radius 1 is 1.06 bits per heavy atom. The second kappa shape index (κ2) is 3.65. The van der Waals surface area contributed by atoms with Crippen molar-refractivity contribution in [2.75, 3.05) is 0 Å². The van der Waals surface area contributed by atoms with Crippen molar-refractivity contribution < 1.29 is 4.42 Å². The van der Waals surface area contributed by atoms with Crippen LogP contribution in [0.15, 0.2) is 53.3 Å². The van der Waals surface area contributed by atoms with E-state index in [1.165, 1.54) is 0 Å². The van der Waals surface area contributed by atoms with Crippen molar-refractivity contribution in [3.8, 4) is 11.3 Å². The molecule has 0 amide bonds. The minimum Gasteiger partial charge on any atom is -0.464 e. The van der Waals surface area contributed by atoms with Gasteiger partial charge in [-0.25, -0.2) is 4.98 Å². The molecule has 2 aromatic heterocycles. The number of fused-ring (bicyclic) bond motifs is 1. The van der Waals surface area contributed by atoms with Crippen LogP contribution >= 0.6 is 11.6 Å².